The molecule has 140 valence electrons. The van der Waals surface area contributed by atoms with Crippen molar-refractivity contribution in [2.75, 3.05) is 18.0 Å². The summed E-state index contributed by atoms with van der Waals surface area (Å²) >= 11 is 0. The Balaban J connectivity index is 1.19. The molecular formula is C21H30N4O. The first-order chi connectivity index (χ1) is 12.7. The molecule has 0 spiro atoms. The lowest BCUT2D eigenvalue weighted by molar-refractivity contribution is -0.130. The first kappa shape index (κ1) is 16.5. The molecule has 5 aliphatic rings. The number of nitrogens with zero attached hydrogens (tertiary/aromatic N) is 3. The molecule has 4 bridgehead atoms. The van der Waals surface area contributed by atoms with Crippen LogP contribution in [0.15, 0.2) is 18.5 Å². The fourth-order valence-electron chi connectivity index (χ4n) is 6.86. The number of carbonyl (C=O) groups is 1. The van der Waals surface area contributed by atoms with E-state index in [0.717, 1.165) is 56.1 Å². The van der Waals surface area contributed by atoms with E-state index in [1.165, 1.54) is 38.5 Å². The van der Waals surface area contributed by atoms with Crippen LogP contribution in [0.3, 0.4) is 0 Å². The van der Waals surface area contributed by atoms with Gasteiger partial charge < -0.3 is 10.2 Å². The highest BCUT2D eigenvalue weighted by Gasteiger charge is 2.51. The molecule has 1 amide bonds. The number of hydrogen-bond donors (Lipinski definition) is 1. The summed E-state index contributed by atoms with van der Waals surface area (Å²) < 4.78 is 0. The van der Waals surface area contributed by atoms with Crippen LogP contribution >= 0.6 is 0 Å². The maximum absolute atomic E-state index is 12.9. The van der Waals surface area contributed by atoms with Gasteiger partial charge in [-0.2, -0.15) is 0 Å². The Morgan fingerprint density at radius 3 is 2.42 bits per heavy atom. The van der Waals surface area contributed by atoms with Crippen LogP contribution in [0.1, 0.15) is 57.8 Å². The molecule has 1 atom stereocenters. The number of anilines is 1. The van der Waals surface area contributed by atoms with E-state index >= 15 is 0 Å². The molecule has 1 aromatic heterocycles. The molecule has 6 rings (SSSR count). The number of aromatic nitrogens is 2. The SMILES string of the molecule is O=C(CC12CC3CC(CC(C3)C1)C2)N[C@@H]1CCCN(c2ncccn2)C1. The van der Waals surface area contributed by atoms with Gasteiger partial charge >= 0.3 is 0 Å². The molecule has 4 aliphatic carbocycles. The summed E-state index contributed by atoms with van der Waals surface area (Å²) in [6.45, 7) is 1.81. The Morgan fingerprint density at radius 2 is 1.77 bits per heavy atom. The molecule has 0 radical (unpaired) electrons. The zero-order valence-corrected chi connectivity index (χ0v) is 15.6. The monoisotopic (exact) mass is 354 g/mol. The van der Waals surface area contributed by atoms with Crippen molar-refractivity contribution in [3.8, 4) is 0 Å². The normalized spacial score (nSPS) is 38.4. The Labute approximate surface area is 156 Å². The van der Waals surface area contributed by atoms with Gasteiger partial charge in [0.2, 0.25) is 11.9 Å². The lowest BCUT2D eigenvalue weighted by Crippen LogP contribution is -2.51. The fourth-order valence-corrected chi connectivity index (χ4v) is 6.86. The summed E-state index contributed by atoms with van der Waals surface area (Å²) in [5.74, 6) is 3.80. The van der Waals surface area contributed by atoms with Crippen LogP contribution in [0.2, 0.25) is 0 Å². The quantitative estimate of drug-likeness (QED) is 0.902. The first-order valence-corrected chi connectivity index (χ1v) is 10.5. The highest BCUT2D eigenvalue weighted by Crippen LogP contribution is 2.61. The highest BCUT2D eigenvalue weighted by molar-refractivity contribution is 5.77. The van der Waals surface area contributed by atoms with Gasteiger partial charge in [-0.05, 0) is 80.6 Å². The Morgan fingerprint density at radius 1 is 1.12 bits per heavy atom. The average Bonchev–Trinajstić information content (AvgIpc) is 2.61. The largest absolute Gasteiger partial charge is 0.352 e. The van der Waals surface area contributed by atoms with Crippen LogP contribution in [0.4, 0.5) is 5.95 Å². The van der Waals surface area contributed by atoms with Gasteiger partial charge in [-0.1, -0.05) is 0 Å². The van der Waals surface area contributed by atoms with Gasteiger partial charge in [-0.15, -0.1) is 0 Å². The Hall–Kier alpha value is -1.65. The molecule has 5 nitrogen and oxygen atoms in total. The lowest BCUT2D eigenvalue weighted by atomic mass is 9.49. The topological polar surface area (TPSA) is 58.1 Å². The maximum atomic E-state index is 12.9. The number of piperidine rings is 1. The van der Waals surface area contributed by atoms with Gasteiger partial charge in [0.05, 0.1) is 0 Å². The minimum atomic E-state index is 0.231. The molecule has 2 heterocycles. The Bertz CT molecular complexity index is 626. The van der Waals surface area contributed by atoms with Crippen LogP contribution in [0, 0.1) is 23.2 Å². The van der Waals surface area contributed by atoms with Crippen molar-refractivity contribution in [2.24, 2.45) is 23.2 Å². The van der Waals surface area contributed by atoms with Crippen molar-refractivity contribution in [3.63, 3.8) is 0 Å². The summed E-state index contributed by atoms with van der Waals surface area (Å²) in [7, 11) is 0. The first-order valence-electron chi connectivity index (χ1n) is 10.5. The van der Waals surface area contributed by atoms with Gasteiger partial charge in [0, 0.05) is 37.9 Å². The van der Waals surface area contributed by atoms with Gasteiger partial charge in [-0.3, -0.25) is 4.79 Å². The van der Waals surface area contributed by atoms with Crippen molar-refractivity contribution < 1.29 is 4.79 Å². The second-order valence-electron chi connectivity index (χ2n) is 9.50. The molecular weight excluding hydrogens is 324 g/mol. The third-order valence-electron chi connectivity index (χ3n) is 7.32. The summed E-state index contributed by atoms with van der Waals surface area (Å²) in [4.78, 5) is 23.8. The molecule has 5 heteroatoms. The zero-order chi connectivity index (χ0) is 17.6. The summed E-state index contributed by atoms with van der Waals surface area (Å²) in [5.41, 5.74) is 0.329. The standard InChI is InChI=1S/C21H30N4O/c26-19(13-21-10-15-7-16(11-21)9-17(8-15)12-21)24-18-3-1-6-25(14-18)20-22-4-2-5-23-20/h2,4-5,15-18H,1,3,6-14H2,(H,24,26)/t15?,16?,17?,18-,21?/m1/s1. The van der Waals surface area contributed by atoms with Gasteiger partial charge in [0.1, 0.15) is 0 Å². The van der Waals surface area contributed by atoms with E-state index in [0.29, 0.717) is 5.41 Å². The molecule has 1 saturated heterocycles. The van der Waals surface area contributed by atoms with Gasteiger partial charge in [-0.25, -0.2) is 9.97 Å². The predicted octanol–water partition coefficient (Wildman–Crippen LogP) is 3.17. The number of amides is 1. The summed E-state index contributed by atoms with van der Waals surface area (Å²) in [5, 5.41) is 3.36. The number of nitrogens with one attached hydrogen (secondary N) is 1. The molecule has 1 N–H and O–H groups in total. The maximum Gasteiger partial charge on any atom is 0.225 e. The molecule has 5 fully saturated rings. The molecule has 0 unspecified atom stereocenters. The van der Waals surface area contributed by atoms with Crippen molar-refractivity contribution in [3.05, 3.63) is 18.5 Å². The van der Waals surface area contributed by atoms with Crippen LogP contribution < -0.4 is 10.2 Å². The van der Waals surface area contributed by atoms with Crippen LogP contribution in [-0.4, -0.2) is 35.0 Å². The van der Waals surface area contributed by atoms with Crippen LogP contribution in [0.5, 0.6) is 0 Å². The zero-order valence-electron chi connectivity index (χ0n) is 15.6. The third-order valence-corrected chi connectivity index (χ3v) is 7.32. The molecule has 0 aromatic carbocycles. The van der Waals surface area contributed by atoms with Crippen molar-refractivity contribution in [2.45, 2.75) is 63.8 Å². The Kier molecular flexibility index (Phi) is 4.13. The van der Waals surface area contributed by atoms with E-state index in [4.69, 9.17) is 0 Å². The summed E-state index contributed by atoms with van der Waals surface area (Å²) in [6.07, 6.45) is 14.7. The average molecular weight is 354 g/mol. The van der Waals surface area contributed by atoms with E-state index in [-0.39, 0.29) is 11.9 Å². The highest BCUT2D eigenvalue weighted by atomic mass is 16.1. The predicted molar refractivity (Wildman–Crippen MR) is 101 cm³/mol. The fraction of sp³-hybridized carbons (Fsp3) is 0.762. The van der Waals surface area contributed by atoms with E-state index in [1.54, 1.807) is 12.4 Å². The van der Waals surface area contributed by atoms with Gasteiger partial charge in [0.25, 0.3) is 0 Å². The molecule has 26 heavy (non-hydrogen) atoms. The smallest absolute Gasteiger partial charge is 0.225 e. The van der Waals surface area contributed by atoms with E-state index in [1.807, 2.05) is 6.07 Å². The number of hydrogen-bond acceptors (Lipinski definition) is 4. The molecule has 4 saturated carbocycles. The van der Waals surface area contributed by atoms with Crippen molar-refractivity contribution in [1.82, 2.24) is 15.3 Å². The minimum absolute atomic E-state index is 0.231. The third kappa shape index (κ3) is 3.21. The number of rotatable bonds is 4. The van der Waals surface area contributed by atoms with Crippen molar-refractivity contribution >= 4 is 11.9 Å². The summed E-state index contributed by atoms with van der Waals surface area (Å²) in [6, 6.07) is 2.08. The van der Waals surface area contributed by atoms with Gasteiger partial charge in [0.15, 0.2) is 0 Å². The molecule has 1 aromatic rings. The number of carbonyl (C=O) groups excluding carboxylic acids is 1. The van der Waals surface area contributed by atoms with E-state index in [2.05, 4.69) is 20.2 Å². The van der Waals surface area contributed by atoms with Crippen molar-refractivity contribution in [1.29, 1.82) is 0 Å². The second kappa shape index (κ2) is 6.50. The van der Waals surface area contributed by atoms with Crippen LogP contribution in [-0.2, 0) is 4.79 Å². The van der Waals surface area contributed by atoms with E-state index < -0.39 is 0 Å². The van der Waals surface area contributed by atoms with Crippen LogP contribution in [0.25, 0.3) is 0 Å². The molecule has 1 aliphatic heterocycles. The second-order valence-corrected chi connectivity index (χ2v) is 9.50. The van der Waals surface area contributed by atoms with E-state index in [9.17, 15) is 4.79 Å². The minimum Gasteiger partial charge on any atom is -0.352 e. The lowest BCUT2D eigenvalue weighted by Gasteiger charge is -2.56.